The van der Waals surface area contributed by atoms with E-state index in [1.54, 1.807) is 13.2 Å². The average Bonchev–Trinajstić information content (AvgIpc) is 2.76. The summed E-state index contributed by atoms with van der Waals surface area (Å²) in [6, 6.07) is 15.3. The van der Waals surface area contributed by atoms with Gasteiger partial charge in [0.15, 0.2) is 5.82 Å². The lowest BCUT2D eigenvalue weighted by molar-refractivity contribution is 0.199. The molecule has 0 spiro atoms. The number of fused-ring (bicyclic) bond motifs is 3. The molecule has 5 nitrogen and oxygen atoms in total. The van der Waals surface area contributed by atoms with Crippen LogP contribution in [-0.2, 0) is 24.1 Å². The third-order valence-electron chi connectivity index (χ3n) is 5.22. The van der Waals surface area contributed by atoms with Gasteiger partial charge >= 0.3 is 0 Å². The molecule has 0 aliphatic rings. The highest BCUT2D eigenvalue weighted by atomic mass is 19.1. The van der Waals surface area contributed by atoms with Gasteiger partial charge in [0.05, 0.1) is 12.1 Å². The van der Waals surface area contributed by atoms with E-state index in [1.165, 1.54) is 23.3 Å². The van der Waals surface area contributed by atoms with Crippen LogP contribution in [0.5, 0.6) is 0 Å². The van der Waals surface area contributed by atoms with Gasteiger partial charge in [-0.1, -0.05) is 24.3 Å². The Morgan fingerprint density at radius 1 is 0.967 bits per heavy atom. The van der Waals surface area contributed by atoms with Gasteiger partial charge in [0.1, 0.15) is 11.3 Å². The van der Waals surface area contributed by atoms with Crippen LogP contribution in [0.1, 0.15) is 16.7 Å². The zero-order valence-corrected chi connectivity index (χ0v) is 17.0. The van der Waals surface area contributed by atoms with E-state index in [4.69, 9.17) is 10.5 Å². The van der Waals surface area contributed by atoms with Crippen LogP contribution in [0.4, 0.5) is 10.2 Å². The number of hydrogen-bond acceptors (Lipinski definition) is 5. The summed E-state index contributed by atoms with van der Waals surface area (Å²) in [6.07, 6.45) is 3.63. The van der Waals surface area contributed by atoms with Gasteiger partial charge in [0.25, 0.3) is 0 Å². The van der Waals surface area contributed by atoms with E-state index in [9.17, 15) is 4.39 Å². The van der Waals surface area contributed by atoms with E-state index in [2.05, 4.69) is 45.6 Å². The first kappa shape index (κ1) is 20.2. The van der Waals surface area contributed by atoms with Crippen molar-refractivity contribution in [2.24, 2.45) is 0 Å². The van der Waals surface area contributed by atoms with E-state index in [0.717, 1.165) is 42.3 Å². The number of rotatable bonds is 8. The number of ether oxygens (including phenoxy) is 1. The van der Waals surface area contributed by atoms with Crippen molar-refractivity contribution in [2.45, 2.75) is 19.4 Å². The minimum absolute atomic E-state index is 0.323. The quantitative estimate of drug-likeness (QED) is 0.343. The minimum Gasteiger partial charge on any atom is -0.383 e. The number of methoxy groups -OCH3 is 1. The van der Waals surface area contributed by atoms with E-state index in [-0.39, 0.29) is 5.82 Å². The molecule has 6 heteroatoms. The molecule has 4 rings (SSSR count). The molecule has 0 fully saturated rings. The molecule has 2 heterocycles. The lowest BCUT2D eigenvalue weighted by Gasteiger charge is -2.09. The van der Waals surface area contributed by atoms with Crippen molar-refractivity contribution in [2.75, 3.05) is 26.0 Å². The topological polar surface area (TPSA) is 73.1 Å². The van der Waals surface area contributed by atoms with Gasteiger partial charge < -0.3 is 15.8 Å². The second kappa shape index (κ2) is 9.15. The standard InChI is InChI=1S/C24H25FN4O/c1-30-11-10-27-14-17-5-2-16(3-6-17)4-7-18-12-21-20-9-8-19(25)13-22(20)29-24(26)23(21)28-15-18/h2-3,5-6,8-9,12-13,15,27H,4,7,10-11,14H2,1H3,(H2,26,29). The van der Waals surface area contributed by atoms with Crippen LogP contribution in [0.3, 0.4) is 0 Å². The highest BCUT2D eigenvalue weighted by Gasteiger charge is 2.09. The number of aromatic nitrogens is 2. The number of nitrogen functional groups attached to an aromatic ring is 1. The van der Waals surface area contributed by atoms with Crippen LogP contribution >= 0.6 is 0 Å². The molecule has 0 radical (unpaired) electrons. The lowest BCUT2D eigenvalue weighted by Crippen LogP contribution is -2.18. The predicted octanol–water partition coefficient (Wildman–Crippen LogP) is 4.03. The van der Waals surface area contributed by atoms with E-state index < -0.39 is 0 Å². The molecular weight excluding hydrogens is 379 g/mol. The number of hydrogen-bond donors (Lipinski definition) is 2. The molecule has 154 valence electrons. The van der Waals surface area contributed by atoms with Gasteiger partial charge in [-0.25, -0.2) is 9.37 Å². The second-order valence-corrected chi connectivity index (χ2v) is 7.38. The fraction of sp³-hybridized carbons (Fsp3) is 0.250. The molecule has 0 aliphatic carbocycles. The summed E-state index contributed by atoms with van der Waals surface area (Å²) in [4.78, 5) is 8.82. The molecule has 0 saturated heterocycles. The third kappa shape index (κ3) is 4.56. The molecule has 4 aromatic rings. The monoisotopic (exact) mass is 404 g/mol. The summed E-state index contributed by atoms with van der Waals surface area (Å²) in [7, 11) is 1.70. The normalized spacial score (nSPS) is 11.4. The Bertz CT molecular complexity index is 1160. The van der Waals surface area contributed by atoms with Gasteiger partial charge in [0, 0.05) is 43.2 Å². The Morgan fingerprint density at radius 2 is 1.73 bits per heavy atom. The summed E-state index contributed by atoms with van der Waals surface area (Å²) in [5.41, 5.74) is 10.9. The first-order valence-electron chi connectivity index (χ1n) is 10.0. The van der Waals surface area contributed by atoms with Gasteiger partial charge in [0.2, 0.25) is 0 Å². The van der Waals surface area contributed by atoms with Crippen molar-refractivity contribution in [3.05, 3.63) is 77.2 Å². The first-order valence-corrected chi connectivity index (χ1v) is 10.0. The van der Waals surface area contributed by atoms with Crippen molar-refractivity contribution in [3.8, 4) is 0 Å². The third-order valence-corrected chi connectivity index (χ3v) is 5.22. The van der Waals surface area contributed by atoms with E-state index in [1.807, 2.05) is 6.20 Å². The van der Waals surface area contributed by atoms with Crippen molar-refractivity contribution in [1.82, 2.24) is 15.3 Å². The molecule has 30 heavy (non-hydrogen) atoms. The maximum Gasteiger partial charge on any atom is 0.150 e. The maximum atomic E-state index is 13.6. The summed E-state index contributed by atoms with van der Waals surface area (Å²) in [5, 5.41) is 5.12. The molecule has 0 unspecified atom stereocenters. The zero-order valence-electron chi connectivity index (χ0n) is 17.0. The lowest BCUT2D eigenvalue weighted by atomic mass is 10.0. The number of aryl methyl sites for hydroxylation is 2. The van der Waals surface area contributed by atoms with Crippen molar-refractivity contribution < 1.29 is 9.13 Å². The summed E-state index contributed by atoms with van der Waals surface area (Å²) in [5.74, 6) is -0.000412. The van der Waals surface area contributed by atoms with Gasteiger partial charge in [-0.2, -0.15) is 0 Å². The van der Waals surface area contributed by atoms with Crippen molar-refractivity contribution >= 4 is 27.6 Å². The molecule has 2 aromatic heterocycles. The summed E-state index contributed by atoms with van der Waals surface area (Å²) in [6.45, 7) is 2.39. The zero-order chi connectivity index (χ0) is 20.9. The number of nitrogens with zero attached hydrogens (tertiary/aromatic N) is 2. The van der Waals surface area contributed by atoms with Crippen LogP contribution in [-0.4, -0.2) is 30.2 Å². The number of benzene rings is 2. The van der Waals surface area contributed by atoms with Crippen molar-refractivity contribution in [3.63, 3.8) is 0 Å². The predicted molar refractivity (Wildman–Crippen MR) is 119 cm³/mol. The van der Waals surface area contributed by atoms with Crippen LogP contribution in [0.25, 0.3) is 21.8 Å². The number of nitrogens with two attached hydrogens (primary N) is 1. The SMILES string of the molecule is COCCNCc1ccc(CCc2cnc3c(N)nc4cc(F)ccc4c3c2)cc1. The molecular formula is C24H25FN4O. The van der Waals surface area contributed by atoms with Crippen LogP contribution < -0.4 is 11.1 Å². The van der Waals surface area contributed by atoms with Crippen LogP contribution in [0.15, 0.2) is 54.7 Å². The Labute approximate surface area is 175 Å². The highest BCUT2D eigenvalue weighted by Crippen LogP contribution is 2.28. The summed E-state index contributed by atoms with van der Waals surface area (Å²) < 4.78 is 18.6. The van der Waals surface area contributed by atoms with Gasteiger partial charge in [-0.3, -0.25) is 4.98 Å². The molecule has 3 N–H and O–H groups in total. The van der Waals surface area contributed by atoms with E-state index >= 15 is 0 Å². The molecule has 0 bridgehead atoms. The molecule has 0 saturated carbocycles. The minimum atomic E-state index is -0.324. The number of pyridine rings is 2. The second-order valence-electron chi connectivity index (χ2n) is 7.38. The van der Waals surface area contributed by atoms with Crippen LogP contribution in [0, 0.1) is 5.82 Å². The fourth-order valence-corrected chi connectivity index (χ4v) is 3.58. The Morgan fingerprint density at radius 3 is 2.53 bits per heavy atom. The Balaban J connectivity index is 1.48. The van der Waals surface area contributed by atoms with Crippen molar-refractivity contribution in [1.29, 1.82) is 0 Å². The number of halogens is 1. The molecule has 2 aromatic carbocycles. The van der Waals surface area contributed by atoms with Gasteiger partial charge in [-0.15, -0.1) is 0 Å². The summed E-state index contributed by atoms with van der Waals surface area (Å²) >= 11 is 0. The molecule has 0 aliphatic heterocycles. The maximum absolute atomic E-state index is 13.6. The molecule has 0 atom stereocenters. The molecule has 0 amide bonds. The average molecular weight is 404 g/mol. The van der Waals surface area contributed by atoms with Gasteiger partial charge in [-0.05, 0) is 47.7 Å². The largest absolute Gasteiger partial charge is 0.383 e. The smallest absolute Gasteiger partial charge is 0.150 e. The Kier molecular flexibility index (Phi) is 6.16. The number of nitrogens with one attached hydrogen (secondary N) is 1. The Hall–Kier alpha value is -3.09. The van der Waals surface area contributed by atoms with E-state index in [0.29, 0.717) is 23.5 Å². The fourth-order valence-electron chi connectivity index (χ4n) is 3.58. The number of anilines is 1. The highest BCUT2D eigenvalue weighted by molar-refractivity contribution is 6.08. The first-order chi connectivity index (χ1) is 14.6. The van der Waals surface area contributed by atoms with Crippen LogP contribution in [0.2, 0.25) is 0 Å².